The third kappa shape index (κ3) is 4.21. The second-order valence-corrected chi connectivity index (χ2v) is 7.91. The number of nitrogens with one attached hydrogen (secondary N) is 1. The van der Waals surface area contributed by atoms with Gasteiger partial charge in [0, 0.05) is 23.5 Å². The van der Waals surface area contributed by atoms with Crippen LogP contribution in [0.1, 0.15) is 6.42 Å². The van der Waals surface area contributed by atoms with E-state index in [1.807, 2.05) is 0 Å². The van der Waals surface area contributed by atoms with E-state index in [0.717, 1.165) is 4.47 Å². The van der Waals surface area contributed by atoms with Gasteiger partial charge in [-0.2, -0.15) is 0 Å². The van der Waals surface area contributed by atoms with Crippen molar-refractivity contribution < 1.29 is 19.1 Å². The molecule has 0 bridgehead atoms. The van der Waals surface area contributed by atoms with Crippen LogP contribution in [0.5, 0.6) is 11.5 Å². The highest BCUT2D eigenvalue weighted by atomic mass is 79.9. The molecule has 1 saturated heterocycles. The van der Waals surface area contributed by atoms with Gasteiger partial charge < -0.3 is 19.7 Å². The van der Waals surface area contributed by atoms with E-state index < -0.39 is 5.92 Å². The number of methoxy groups -OCH3 is 2. The summed E-state index contributed by atoms with van der Waals surface area (Å²) in [6, 6.07) is 8.37. The summed E-state index contributed by atoms with van der Waals surface area (Å²) in [4.78, 5) is 26.7. The Hall–Kier alpha value is -1.96. The van der Waals surface area contributed by atoms with Crippen LogP contribution in [-0.4, -0.2) is 32.6 Å². The van der Waals surface area contributed by atoms with Gasteiger partial charge in [0.2, 0.25) is 11.8 Å². The summed E-state index contributed by atoms with van der Waals surface area (Å²) in [7, 11) is 2.99. The van der Waals surface area contributed by atoms with Crippen molar-refractivity contribution in [2.24, 2.45) is 5.92 Å². The molecule has 1 fully saturated rings. The molecule has 6 nitrogen and oxygen atoms in total. The second kappa shape index (κ2) is 8.59. The summed E-state index contributed by atoms with van der Waals surface area (Å²) < 4.78 is 11.4. The van der Waals surface area contributed by atoms with Crippen molar-refractivity contribution >= 4 is 62.3 Å². The smallest absolute Gasteiger partial charge is 0.229 e. The molecule has 28 heavy (non-hydrogen) atoms. The Morgan fingerprint density at radius 3 is 2.50 bits per heavy atom. The minimum absolute atomic E-state index is 0.0762. The van der Waals surface area contributed by atoms with Gasteiger partial charge in [0.15, 0.2) is 0 Å². The molecular weight excluding hydrogens is 471 g/mol. The summed E-state index contributed by atoms with van der Waals surface area (Å²) in [6.07, 6.45) is 0.0762. The van der Waals surface area contributed by atoms with E-state index in [4.69, 9.17) is 32.7 Å². The first kappa shape index (κ1) is 20.8. The largest absolute Gasteiger partial charge is 0.495 e. The predicted molar refractivity (Wildman–Crippen MR) is 113 cm³/mol. The Labute approximate surface area is 180 Å². The van der Waals surface area contributed by atoms with Crippen LogP contribution in [0.15, 0.2) is 34.8 Å². The van der Waals surface area contributed by atoms with E-state index >= 15 is 0 Å². The average Bonchev–Trinajstić information content (AvgIpc) is 3.05. The van der Waals surface area contributed by atoms with Gasteiger partial charge in [-0.3, -0.25) is 9.59 Å². The number of rotatable bonds is 5. The molecule has 1 heterocycles. The van der Waals surface area contributed by atoms with Gasteiger partial charge in [-0.1, -0.05) is 39.1 Å². The van der Waals surface area contributed by atoms with E-state index in [-0.39, 0.29) is 24.8 Å². The fourth-order valence-corrected chi connectivity index (χ4v) is 3.95. The molecule has 1 aliphatic rings. The number of ether oxygens (including phenoxy) is 2. The molecule has 148 valence electrons. The Bertz CT molecular complexity index is 938. The lowest BCUT2D eigenvalue weighted by atomic mass is 10.1. The summed E-state index contributed by atoms with van der Waals surface area (Å²) in [5, 5.41) is 3.54. The Morgan fingerprint density at radius 2 is 1.86 bits per heavy atom. The van der Waals surface area contributed by atoms with Crippen molar-refractivity contribution in [3.05, 3.63) is 44.8 Å². The minimum atomic E-state index is -0.530. The first-order chi connectivity index (χ1) is 13.3. The number of amides is 2. The molecule has 3 rings (SSSR count). The SMILES string of the molecule is COc1cc(OC)c(N2CC(C(=O)Nc3ccc(Br)cc3Cl)CC2=O)cc1Cl. The van der Waals surface area contributed by atoms with E-state index in [1.165, 1.54) is 19.1 Å². The Kier molecular flexibility index (Phi) is 6.37. The second-order valence-electron chi connectivity index (χ2n) is 6.18. The molecule has 0 aromatic heterocycles. The number of nitrogens with zero attached hydrogens (tertiary/aromatic N) is 1. The first-order valence-corrected chi connectivity index (χ1v) is 9.86. The predicted octanol–water partition coefficient (Wildman–Crippen LogP) is 4.76. The third-order valence-corrected chi connectivity index (χ3v) is 5.53. The zero-order chi connectivity index (χ0) is 20.4. The molecule has 0 aliphatic carbocycles. The number of carbonyl (C=O) groups is 2. The van der Waals surface area contributed by atoms with E-state index in [1.54, 1.807) is 30.3 Å². The molecule has 0 saturated carbocycles. The maximum Gasteiger partial charge on any atom is 0.229 e. The molecule has 1 N–H and O–H groups in total. The lowest BCUT2D eigenvalue weighted by Crippen LogP contribution is -2.28. The molecule has 0 spiro atoms. The number of hydrogen-bond donors (Lipinski definition) is 1. The fraction of sp³-hybridized carbons (Fsp3) is 0.263. The van der Waals surface area contributed by atoms with Gasteiger partial charge in [-0.05, 0) is 24.3 Å². The van der Waals surface area contributed by atoms with Gasteiger partial charge in [-0.15, -0.1) is 0 Å². The summed E-state index contributed by atoms with van der Waals surface area (Å²) in [5.74, 6) is -0.127. The highest BCUT2D eigenvalue weighted by Gasteiger charge is 2.37. The van der Waals surface area contributed by atoms with E-state index in [9.17, 15) is 9.59 Å². The van der Waals surface area contributed by atoms with Crippen LogP contribution in [-0.2, 0) is 9.59 Å². The maximum absolute atomic E-state index is 12.7. The van der Waals surface area contributed by atoms with Gasteiger partial charge in [-0.25, -0.2) is 0 Å². The topological polar surface area (TPSA) is 67.9 Å². The molecule has 0 radical (unpaired) electrons. The lowest BCUT2D eigenvalue weighted by molar-refractivity contribution is -0.122. The Morgan fingerprint density at radius 1 is 1.14 bits per heavy atom. The van der Waals surface area contributed by atoms with Crippen LogP contribution in [0.2, 0.25) is 10.0 Å². The monoisotopic (exact) mass is 486 g/mol. The molecular formula is C19H17BrCl2N2O4. The van der Waals surface area contributed by atoms with Crippen LogP contribution >= 0.6 is 39.1 Å². The number of benzene rings is 2. The highest BCUT2D eigenvalue weighted by molar-refractivity contribution is 9.10. The molecule has 2 amide bonds. The van der Waals surface area contributed by atoms with Gasteiger partial charge in [0.1, 0.15) is 11.5 Å². The Balaban J connectivity index is 1.80. The van der Waals surface area contributed by atoms with Crippen LogP contribution in [0.4, 0.5) is 11.4 Å². The van der Waals surface area contributed by atoms with Crippen molar-refractivity contribution in [3.8, 4) is 11.5 Å². The molecule has 2 aromatic carbocycles. The average molecular weight is 488 g/mol. The molecule has 1 aliphatic heterocycles. The van der Waals surface area contributed by atoms with Crippen molar-refractivity contribution in [3.63, 3.8) is 0 Å². The minimum Gasteiger partial charge on any atom is -0.495 e. The summed E-state index contributed by atoms with van der Waals surface area (Å²) in [6.45, 7) is 0.206. The van der Waals surface area contributed by atoms with Gasteiger partial charge >= 0.3 is 0 Å². The van der Waals surface area contributed by atoms with Crippen LogP contribution in [0.25, 0.3) is 0 Å². The standard InChI is InChI=1S/C19H17BrCl2N2O4/c1-27-16-8-17(28-2)15(7-13(16)22)24-9-10(5-18(24)25)19(26)23-14-4-3-11(20)6-12(14)21/h3-4,6-8,10H,5,9H2,1-2H3,(H,23,26). The van der Waals surface area contributed by atoms with Crippen molar-refractivity contribution in [1.29, 1.82) is 0 Å². The number of anilines is 2. The maximum atomic E-state index is 12.7. The van der Waals surface area contributed by atoms with Crippen LogP contribution in [0.3, 0.4) is 0 Å². The zero-order valence-electron chi connectivity index (χ0n) is 15.1. The van der Waals surface area contributed by atoms with Crippen LogP contribution in [0, 0.1) is 5.92 Å². The van der Waals surface area contributed by atoms with Crippen molar-refractivity contribution in [2.45, 2.75) is 6.42 Å². The molecule has 1 atom stereocenters. The molecule has 2 aromatic rings. The third-order valence-electron chi connectivity index (χ3n) is 4.43. The number of halogens is 3. The van der Waals surface area contributed by atoms with E-state index in [2.05, 4.69) is 21.2 Å². The first-order valence-electron chi connectivity index (χ1n) is 8.31. The number of hydrogen-bond acceptors (Lipinski definition) is 4. The van der Waals surface area contributed by atoms with Crippen LogP contribution < -0.4 is 19.7 Å². The van der Waals surface area contributed by atoms with Crippen molar-refractivity contribution in [2.75, 3.05) is 31.0 Å². The lowest BCUT2D eigenvalue weighted by Gasteiger charge is -2.21. The van der Waals surface area contributed by atoms with Gasteiger partial charge in [0.05, 0.1) is 41.6 Å². The van der Waals surface area contributed by atoms with E-state index in [0.29, 0.717) is 32.9 Å². The fourth-order valence-electron chi connectivity index (χ4n) is 3.00. The summed E-state index contributed by atoms with van der Waals surface area (Å²) in [5.41, 5.74) is 0.987. The van der Waals surface area contributed by atoms with Crippen molar-refractivity contribution in [1.82, 2.24) is 0 Å². The molecule has 1 unspecified atom stereocenters. The number of carbonyl (C=O) groups excluding carboxylic acids is 2. The normalized spacial score (nSPS) is 16.2. The highest BCUT2D eigenvalue weighted by Crippen LogP contribution is 2.40. The zero-order valence-corrected chi connectivity index (χ0v) is 18.2. The summed E-state index contributed by atoms with van der Waals surface area (Å²) >= 11 is 15.7. The molecule has 9 heteroatoms. The van der Waals surface area contributed by atoms with Gasteiger partial charge in [0.25, 0.3) is 0 Å². The quantitative estimate of drug-likeness (QED) is 0.659.